The van der Waals surface area contributed by atoms with Crippen molar-refractivity contribution in [1.82, 2.24) is 14.4 Å². The second kappa shape index (κ2) is 11.2. The topological polar surface area (TPSA) is 62.6 Å². The lowest BCUT2D eigenvalue weighted by atomic mass is 10.1. The minimum absolute atomic E-state index is 0.0422. The molecule has 0 radical (unpaired) electrons. The van der Waals surface area contributed by atoms with Gasteiger partial charge in [0.1, 0.15) is 6.54 Å². The molecule has 0 unspecified atom stereocenters. The first-order chi connectivity index (χ1) is 18.1. The Bertz CT molecular complexity index is 1350. The maximum Gasteiger partial charge on any atom is 0.295 e. The number of fused-ring (bicyclic) bond motifs is 1. The maximum absolute atomic E-state index is 13.7. The fraction of sp³-hybridized carbons (Fsp3) is 0.258. The Kier molecular flexibility index (Phi) is 7.45. The van der Waals surface area contributed by atoms with Gasteiger partial charge in [0.05, 0.1) is 5.56 Å². The zero-order chi connectivity index (χ0) is 25.6. The molecule has 6 nitrogen and oxygen atoms in total. The number of carbonyl (C=O) groups is 3. The minimum Gasteiger partial charge on any atom is -0.341 e. The van der Waals surface area contributed by atoms with Gasteiger partial charge in [0.2, 0.25) is 5.91 Å². The van der Waals surface area contributed by atoms with Gasteiger partial charge in [-0.15, -0.1) is 0 Å². The molecule has 37 heavy (non-hydrogen) atoms. The molecule has 1 fully saturated rings. The third-order valence-corrected chi connectivity index (χ3v) is 6.96. The number of aromatic nitrogens is 1. The van der Waals surface area contributed by atoms with Gasteiger partial charge in [-0.25, -0.2) is 0 Å². The number of hydrogen-bond donors (Lipinski definition) is 0. The summed E-state index contributed by atoms with van der Waals surface area (Å²) >= 11 is 0. The highest BCUT2D eigenvalue weighted by Gasteiger charge is 2.27. The summed E-state index contributed by atoms with van der Waals surface area (Å²) < 4.78 is 1.81. The van der Waals surface area contributed by atoms with E-state index in [0.29, 0.717) is 24.0 Å². The Labute approximate surface area is 217 Å². The minimum atomic E-state index is -0.563. The Morgan fingerprint density at radius 2 is 1.27 bits per heavy atom. The first-order valence-electron chi connectivity index (χ1n) is 12.9. The number of benzene rings is 3. The van der Waals surface area contributed by atoms with Crippen LogP contribution in [0.3, 0.4) is 0 Å². The summed E-state index contributed by atoms with van der Waals surface area (Å²) in [5, 5.41) is 0.687. The van der Waals surface area contributed by atoms with Crippen molar-refractivity contribution in [3.63, 3.8) is 0 Å². The molecule has 1 saturated heterocycles. The van der Waals surface area contributed by atoms with E-state index in [-0.39, 0.29) is 12.5 Å². The molecule has 3 aromatic carbocycles. The smallest absolute Gasteiger partial charge is 0.295 e. The van der Waals surface area contributed by atoms with Gasteiger partial charge in [0.25, 0.3) is 11.7 Å². The van der Waals surface area contributed by atoms with E-state index in [0.717, 1.165) is 49.0 Å². The molecule has 0 spiro atoms. The Morgan fingerprint density at radius 3 is 1.89 bits per heavy atom. The number of Topliss-reactive ketones (excluding diaryl/α,β-unsaturated/α-hetero) is 1. The highest BCUT2D eigenvalue weighted by atomic mass is 16.2. The lowest BCUT2D eigenvalue weighted by Crippen LogP contribution is -2.37. The third-order valence-electron chi connectivity index (χ3n) is 6.96. The molecule has 0 aliphatic carbocycles. The van der Waals surface area contributed by atoms with Crippen molar-refractivity contribution in [3.05, 3.63) is 108 Å². The molecule has 0 atom stereocenters. The van der Waals surface area contributed by atoms with Crippen molar-refractivity contribution >= 4 is 28.5 Å². The van der Waals surface area contributed by atoms with Gasteiger partial charge in [-0.1, -0.05) is 78.9 Å². The lowest BCUT2D eigenvalue weighted by molar-refractivity contribution is -0.132. The summed E-state index contributed by atoms with van der Waals surface area (Å²) in [6.45, 7) is 2.35. The molecule has 5 rings (SSSR count). The van der Waals surface area contributed by atoms with Crippen molar-refractivity contribution in [3.8, 4) is 0 Å². The summed E-state index contributed by atoms with van der Waals surface area (Å²) in [5.41, 5.74) is 3.02. The standard InChI is InChI=1S/C31H31N3O3/c35-29(32-18-10-3-11-19-32)23-33-22-27(26-16-8-9-17-28(26)33)30(36)31(37)34(20-24-12-4-1-5-13-24)21-25-14-6-2-7-15-25/h1-2,4-9,12-17,22H,3,10-11,18-21,23H2. The fourth-order valence-electron chi connectivity index (χ4n) is 5.01. The molecule has 1 aliphatic rings. The largest absolute Gasteiger partial charge is 0.341 e. The second-order valence-corrected chi connectivity index (χ2v) is 9.59. The molecular formula is C31H31N3O3. The van der Waals surface area contributed by atoms with Gasteiger partial charge in [0.15, 0.2) is 0 Å². The molecule has 2 heterocycles. The summed E-state index contributed by atoms with van der Waals surface area (Å²) in [5.74, 6) is -1.08. The van der Waals surface area contributed by atoms with E-state index >= 15 is 0 Å². The van der Waals surface area contributed by atoms with Crippen LogP contribution in [-0.2, 0) is 29.2 Å². The molecule has 6 heteroatoms. The van der Waals surface area contributed by atoms with Gasteiger partial charge < -0.3 is 14.4 Å². The van der Waals surface area contributed by atoms with Crippen LogP contribution in [0.1, 0.15) is 40.7 Å². The first-order valence-corrected chi connectivity index (χ1v) is 12.9. The van der Waals surface area contributed by atoms with Crippen molar-refractivity contribution in [2.24, 2.45) is 0 Å². The van der Waals surface area contributed by atoms with Crippen LogP contribution in [0.25, 0.3) is 10.9 Å². The van der Waals surface area contributed by atoms with E-state index in [1.807, 2.05) is 94.4 Å². The van der Waals surface area contributed by atoms with Crippen molar-refractivity contribution in [1.29, 1.82) is 0 Å². The highest BCUT2D eigenvalue weighted by Crippen LogP contribution is 2.24. The molecule has 0 N–H and O–H groups in total. The summed E-state index contributed by atoms with van der Waals surface area (Å²) in [7, 11) is 0. The van der Waals surface area contributed by atoms with Crippen molar-refractivity contribution in [2.75, 3.05) is 13.1 Å². The lowest BCUT2D eigenvalue weighted by Gasteiger charge is -2.27. The number of hydrogen-bond acceptors (Lipinski definition) is 3. The molecular weight excluding hydrogens is 462 g/mol. The van der Waals surface area contributed by atoms with Crippen LogP contribution in [-0.4, -0.2) is 45.1 Å². The van der Waals surface area contributed by atoms with Crippen LogP contribution < -0.4 is 0 Å². The molecule has 0 bridgehead atoms. The number of para-hydroxylation sites is 1. The predicted molar refractivity (Wildman–Crippen MR) is 144 cm³/mol. The zero-order valence-corrected chi connectivity index (χ0v) is 20.9. The monoisotopic (exact) mass is 493 g/mol. The van der Waals surface area contributed by atoms with E-state index in [1.165, 1.54) is 0 Å². The number of amides is 2. The Hall–Kier alpha value is -4.19. The van der Waals surface area contributed by atoms with Crippen LogP contribution in [0.4, 0.5) is 0 Å². The van der Waals surface area contributed by atoms with Gasteiger partial charge in [0, 0.05) is 43.3 Å². The summed E-state index contributed by atoms with van der Waals surface area (Å²) in [6, 6.07) is 26.8. The highest BCUT2D eigenvalue weighted by molar-refractivity contribution is 6.44. The van der Waals surface area contributed by atoms with E-state index in [2.05, 4.69) is 0 Å². The number of likely N-dealkylation sites (tertiary alicyclic amines) is 1. The average Bonchev–Trinajstić information content (AvgIpc) is 3.31. The van der Waals surface area contributed by atoms with E-state index < -0.39 is 11.7 Å². The Balaban J connectivity index is 1.43. The van der Waals surface area contributed by atoms with E-state index in [4.69, 9.17) is 0 Å². The molecule has 4 aromatic rings. The van der Waals surface area contributed by atoms with E-state index in [9.17, 15) is 14.4 Å². The average molecular weight is 494 g/mol. The van der Waals surface area contributed by atoms with E-state index in [1.54, 1.807) is 11.1 Å². The van der Waals surface area contributed by atoms with Crippen LogP contribution in [0.15, 0.2) is 91.1 Å². The summed E-state index contributed by atoms with van der Waals surface area (Å²) in [6.07, 6.45) is 4.87. The van der Waals surface area contributed by atoms with Crippen LogP contribution in [0, 0.1) is 0 Å². The number of rotatable bonds is 8. The number of carbonyl (C=O) groups excluding carboxylic acids is 3. The normalized spacial score (nSPS) is 13.5. The predicted octanol–water partition coefficient (Wildman–Crippen LogP) is 5.07. The van der Waals surface area contributed by atoms with Gasteiger partial charge in [-0.3, -0.25) is 14.4 Å². The molecule has 2 amide bonds. The molecule has 1 aliphatic heterocycles. The number of nitrogens with zero attached hydrogens (tertiary/aromatic N) is 3. The van der Waals surface area contributed by atoms with Crippen LogP contribution in [0.5, 0.6) is 0 Å². The van der Waals surface area contributed by atoms with Crippen LogP contribution in [0.2, 0.25) is 0 Å². The quantitative estimate of drug-likeness (QED) is 0.254. The maximum atomic E-state index is 13.7. The zero-order valence-electron chi connectivity index (χ0n) is 20.9. The van der Waals surface area contributed by atoms with Gasteiger partial charge in [-0.05, 0) is 36.5 Å². The van der Waals surface area contributed by atoms with Gasteiger partial charge in [-0.2, -0.15) is 0 Å². The van der Waals surface area contributed by atoms with Crippen molar-refractivity contribution < 1.29 is 14.4 Å². The second-order valence-electron chi connectivity index (χ2n) is 9.59. The molecule has 188 valence electrons. The molecule has 1 aromatic heterocycles. The van der Waals surface area contributed by atoms with Crippen LogP contribution >= 0.6 is 0 Å². The summed E-state index contributed by atoms with van der Waals surface area (Å²) in [4.78, 5) is 43.8. The SMILES string of the molecule is O=C(C(=O)N(Cc1ccccc1)Cc1ccccc1)c1cn(CC(=O)N2CCCCC2)c2ccccc12. The molecule has 0 saturated carbocycles. The van der Waals surface area contributed by atoms with Crippen molar-refractivity contribution in [2.45, 2.75) is 38.9 Å². The number of ketones is 1. The first kappa shape index (κ1) is 24.5. The third kappa shape index (κ3) is 5.64. The van der Waals surface area contributed by atoms with Gasteiger partial charge >= 0.3 is 0 Å². The fourth-order valence-corrected chi connectivity index (χ4v) is 5.01. The Morgan fingerprint density at radius 1 is 0.703 bits per heavy atom. The number of piperidine rings is 1.